The molecular formula is C17H26N4O3. The lowest BCUT2D eigenvalue weighted by Gasteiger charge is -2.18. The lowest BCUT2D eigenvalue weighted by atomic mass is 9.87. The van der Waals surface area contributed by atoms with Crippen molar-refractivity contribution in [1.29, 1.82) is 0 Å². The summed E-state index contributed by atoms with van der Waals surface area (Å²) in [5, 5.41) is 8.22. The minimum absolute atomic E-state index is 0.570. The van der Waals surface area contributed by atoms with E-state index in [1.165, 1.54) is 32.1 Å². The Kier molecular flexibility index (Phi) is 5.98. The number of hydrogen-bond donors (Lipinski definition) is 0. The fraction of sp³-hybridized carbons (Fsp3) is 0.706. The van der Waals surface area contributed by atoms with Crippen molar-refractivity contribution in [3.8, 4) is 0 Å². The fourth-order valence-corrected chi connectivity index (χ4v) is 3.20. The zero-order valence-corrected chi connectivity index (χ0v) is 14.5. The van der Waals surface area contributed by atoms with Crippen LogP contribution in [0.1, 0.15) is 61.2 Å². The van der Waals surface area contributed by atoms with Gasteiger partial charge in [-0.2, -0.15) is 4.98 Å². The molecule has 7 nitrogen and oxygen atoms in total. The molecule has 1 fully saturated rings. The first-order valence-electron chi connectivity index (χ1n) is 8.69. The van der Waals surface area contributed by atoms with Gasteiger partial charge in [0.2, 0.25) is 5.89 Å². The summed E-state index contributed by atoms with van der Waals surface area (Å²) >= 11 is 0. The fourth-order valence-electron chi connectivity index (χ4n) is 3.20. The Morgan fingerprint density at radius 1 is 1.17 bits per heavy atom. The lowest BCUT2D eigenvalue weighted by molar-refractivity contribution is 0.199. The van der Waals surface area contributed by atoms with Gasteiger partial charge in [0.1, 0.15) is 0 Å². The molecule has 0 amide bonds. The molecule has 24 heavy (non-hydrogen) atoms. The first kappa shape index (κ1) is 17.1. The number of rotatable bonds is 8. The molecule has 0 saturated heterocycles. The highest BCUT2D eigenvalue weighted by Crippen LogP contribution is 2.32. The molecule has 1 saturated carbocycles. The molecule has 0 N–H and O–H groups in total. The van der Waals surface area contributed by atoms with Crippen LogP contribution in [0.3, 0.4) is 0 Å². The van der Waals surface area contributed by atoms with Crippen molar-refractivity contribution in [2.75, 3.05) is 20.8 Å². The molecule has 7 heteroatoms. The van der Waals surface area contributed by atoms with Crippen LogP contribution in [0.25, 0.3) is 0 Å². The molecule has 0 aromatic carbocycles. The Balaban J connectivity index is 1.50. The standard InChI is InChI=1S/C17H26N4O3/c1-21(12-17-18-16(20-24-17)8-9-22-2)11-14-10-15(19-23-14)13-6-4-3-5-7-13/h10,13H,3-9,11-12H2,1-2H3. The predicted molar refractivity (Wildman–Crippen MR) is 87.4 cm³/mol. The molecule has 2 heterocycles. The number of aromatic nitrogens is 3. The molecule has 2 aromatic heterocycles. The molecule has 1 aliphatic rings. The van der Waals surface area contributed by atoms with Crippen molar-refractivity contribution in [2.45, 2.75) is 57.5 Å². The molecule has 0 aliphatic heterocycles. The maximum Gasteiger partial charge on any atom is 0.240 e. The van der Waals surface area contributed by atoms with Gasteiger partial charge in [0, 0.05) is 25.5 Å². The number of methoxy groups -OCH3 is 1. The maximum atomic E-state index is 5.51. The molecule has 2 aromatic rings. The van der Waals surface area contributed by atoms with E-state index in [2.05, 4.69) is 26.3 Å². The van der Waals surface area contributed by atoms with Crippen LogP contribution in [0.5, 0.6) is 0 Å². The number of hydrogen-bond acceptors (Lipinski definition) is 7. The molecule has 0 spiro atoms. The summed E-state index contributed by atoms with van der Waals surface area (Å²) in [6.07, 6.45) is 7.07. The van der Waals surface area contributed by atoms with Gasteiger partial charge >= 0.3 is 0 Å². The van der Waals surface area contributed by atoms with Crippen molar-refractivity contribution in [3.63, 3.8) is 0 Å². The summed E-state index contributed by atoms with van der Waals surface area (Å²) in [6, 6.07) is 2.10. The highest BCUT2D eigenvalue weighted by Gasteiger charge is 2.20. The van der Waals surface area contributed by atoms with Crippen LogP contribution >= 0.6 is 0 Å². The molecule has 1 aliphatic carbocycles. The highest BCUT2D eigenvalue weighted by atomic mass is 16.5. The Labute approximate surface area is 142 Å². The quantitative estimate of drug-likeness (QED) is 0.734. The topological polar surface area (TPSA) is 77.4 Å². The van der Waals surface area contributed by atoms with Gasteiger partial charge in [0.15, 0.2) is 11.6 Å². The van der Waals surface area contributed by atoms with E-state index in [9.17, 15) is 0 Å². The molecule has 0 bridgehead atoms. The molecule has 3 rings (SSSR count). The first-order valence-corrected chi connectivity index (χ1v) is 8.69. The normalized spacial score (nSPS) is 16.1. The van der Waals surface area contributed by atoms with Crippen molar-refractivity contribution < 1.29 is 13.8 Å². The van der Waals surface area contributed by atoms with Crippen LogP contribution in [0.15, 0.2) is 15.1 Å². The summed E-state index contributed by atoms with van der Waals surface area (Å²) in [4.78, 5) is 6.44. The van der Waals surface area contributed by atoms with Gasteiger partial charge < -0.3 is 13.8 Å². The third-order valence-electron chi connectivity index (χ3n) is 4.47. The Morgan fingerprint density at radius 3 is 2.79 bits per heavy atom. The van der Waals surface area contributed by atoms with Gasteiger partial charge in [-0.3, -0.25) is 4.90 Å². The van der Waals surface area contributed by atoms with Crippen LogP contribution in [0, 0.1) is 0 Å². The van der Waals surface area contributed by atoms with E-state index in [4.69, 9.17) is 13.8 Å². The van der Waals surface area contributed by atoms with Crippen molar-refractivity contribution >= 4 is 0 Å². The molecular weight excluding hydrogens is 308 g/mol. The Bertz CT molecular complexity index is 619. The Morgan fingerprint density at radius 2 is 2.00 bits per heavy atom. The SMILES string of the molecule is COCCc1noc(CN(C)Cc2cc(C3CCCCC3)no2)n1. The molecule has 0 unspecified atom stereocenters. The maximum absolute atomic E-state index is 5.51. The van der Waals surface area contributed by atoms with Crippen LogP contribution < -0.4 is 0 Å². The lowest BCUT2D eigenvalue weighted by Crippen LogP contribution is -2.17. The van der Waals surface area contributed by atoms with E-state index in [0.717, 1.165) is 11.5 Å². The third kappa shape index (κ3) is 4.64. The summed E-state index contributed by atoms with van der Waals surface area (Å²) in [5.74, 6) is 2.74. The first-order chi connectivity index (χ1) is 11.7. The summed E-state index contributed by atoms with van der Waals surface area (Å²) in [5.41, 5.74) is 1.11. The van der Waals surface area contributed by atoms with Gasteiger partial charge in [0.25, 0.3) is 0 Å². The van der Waals surface area contributed by atoms with Gasteiger partial charge in [0.05, 0.1) is 25.4 Å². The average Bonchev–Trinajstić information content (AvgIpc) is 3.23. The van der Waals surface area contributed by atoms with Gasteiger partial charge in [-0.1, -0.05) is 29.6 Å². The minimum atomic E-state index is 0.570. The summed E-state index contributed by atoms with van der Waals surface area (Å²) in [6.45, 7) is 1.85. The van der Waals surface area contributed by atoms with Crippen LogP contribution in [-0.2, 0) is 24.2 Å². The van der Waals surface area contributed by atoms with Crippen molar-refractivity contribution in [1.82, 2.24) is 20.2 Å². The van der Waals surface area contributed by atoms with E-state index in [1.54, 1.807) is 7.11 Å². The Hall–Kier alpha value is -1.73. The van der Waals surface area contributed by atoms with E-state index >= 15 is 0 Å². The van der Waals surface area contributed by atoms with Crippen molar-refractivity contribution in [3.05, 3.63) is 29.2 Å². The zero-order valence-electron chi connectivity index (χ0n) is 14.5. The molecule has 0 atom stereocenters. The number of ether oxygens (including phenoxy) is 1. The number of nitrogens with zero attached hydrogens (tertiary/aromatic N) is 4. The van der Waals surface area contributed by atoms with Crippen LogP contribution in [-0.4, -0.2) is 41.0 Å². The van der Waals surface area contributed by atoms with Gasteiger partial charge in [-0.15, -0.1) is 0 Å². The third-order valence-corrected chi connectivity index (χ3v) is 4.47. The average molecular weight is 334 g/mol. The monoisotopic (exact) mass is 334 g/mol. The second kappa shape index (κ2) is 8.39. The van der Waals surface area contributed by atoms with Crippen LogP contribution in [0.4, 0.5) is 0 Å². The second-order valence-corrected chi connectivity index (χ2v) is 6.57. The summed E-state index contributed by atoms with van der Waals surface area (Å²) in [7, 11) is 3.66. The highest BCUT2D eigenvalue weighted by molar-refractivity contribution is 5.11. The van der Waals surface area contributed by atoms with Gasteiger partial charge in [-0.25, -0.2) is 0 Å². The van der Waals surface area contributed by atoms with Gasteiger partial charge in [-0.05, 0) is 19.9 Å². The zero-order chi connectivity index (χ0) is 16.8. The smallest absolute Gasteiger partial charge is 0.240 e. The van der Waals surface area contributed by atoms with Crippen molar-refractivity contribution in [2.24, 2.45) is 0 Å². The largest absolute Gasteiger partial charge is 0.384 e. The minimum Gasteiger partial charge on any atom is -0.384 e. The molecule has 0 radical (unpaired) electrons. The predicted octanol–water partition coefficient (Wildman–Crippen LogP) is 2.93. The van der Waals surface area contributed by atoms with E-state index in [1.807, 2.05) is 7.05 Å². The van der Waals surface area contributed by atoms with Crippen LogP contribution in [0.2, 0.25) is 0 Å². The second-order valence-electron chi connectivity index (χ2n) is 6.57. The van der Waals surface area contributed by atoms with E-state index in [-0.39, 0.29) is 0 Å². The van der Waals surface area contributed by atoms with E-state index < -0.39 is 0 Å². The molecule has 132 valence electrons. The van der Waals surface area contributed by atoms with E-state index in [0.29, 0.717) is 43.8 Å². The summed E-state index contributed by atoms with van der Waals surface area (Å²) < 4.78 is 15.8.